The zero-order valence-electron chi connectivity index (χ0n) is 6.74. The van der Waals surface area contributed by atoms with Crippen LogP contribution in [0.2, 0.25) is 0 Å². The van der Waals surface area contributed by atoms with Gasteiger partial charge >= 0.3 is 0 Å². The van der Waals surface area contributed by atoms with Gasteiger partial charge in [0.1, 0.15) is 11.1 Å². The summed E-state index contributed by atoms with van der Waals surface area (Å²) in [6, 6.07) is 2.43. The SMILES string of the molecule is CC(c1ccc(F)cn1)S(=O)(=O)Cl. The lowest BCUT2D eigenvalue weighted by atomic mass is 10.3. The van der Waals surface area contributed by atoms with E-state index in [9.17, 15) is 12.8 Å². The Morgan fingerprint density at radius 1 is 1.54 bits per heavy atom. The minimum atomic E-state index is -3.68. The first-order valence-electron chi connectivity index (χ1n) is 3.46. The van der Waals surface area contributed by atoms with Crippen LogP contribution in [0.25, 0.3) is 0 Å². The predicted octanol–water partition coefficient (Wildman–Crippen LogP) is 1.85. The number of pyridine rings is 1. The number of nitrogens with zero attached hydrogens (tertiary/aromatic N) is 1. The topological polar surface area (TPSA) is 47.0 Å². The molecule has 1 heterocycles. The molecule has 0 aliphatic heterocycles. The minimum Gasteiger partial charge on any atom is -0.257 e. The van der Waals surface area contributed by atoms with Crippen LogP contribution in [-0.2, 0) is 9.05 Å². The van der Waals surface area contributed by atoms with Crippen molar-refractivity contribution in [3.8, 4) is 0 Å². The molecule has 0 N–H and O–H groups in total. The molecule has 0 aromatic carbocycles. The molecular formula is C7H7ClFNO2S. The van der Waals surface area contributed by atoms with E-state index in [0.29, 0.717) is 0 Å². The quantitative estimate of drug-likeness (QED) is 0.719. The summed E-state index contributed by atoms with van der Waals surface area (Å²) in [6.07, 6.45) is 0.952. The van der Waals surface area contributed by atoms with Gasteiger partial charge in [0.05, 0.1) is 11.9 Å². The molecule has 1 aromatic heterocycles. The van der Waals surface area contributed by atoms with Crippen LogP contribution in [0.3, 0.4) is 0 Å². The van der Waals surface area contributed by atoms with Crippen LogP contribution in [0.4, 0.5) is 4.39 Å². The second-order valence-corrected chi connectivity index (χ2v) is 5.47. The van der Waals surface area contributed by atoms with Crippen molar-refractivity contribution in [2.45, 2.75) is 12.2 Å². The molecule has 0 fully saturated rings. The normalized spacial score (nSPS) is 14.1. The van der Waals surface area contributed by atoms with Gasteiger partial charge < -0.3 is 0 Å². The summed E-state index contributed by atoms with van der Waals surface area (Å²) in [5.41, 5.74) is 0.233. The first-order chi connectivity index (χ1) is 5.91. The lowest BCUT2D eigenvalue weighted by molar-refractivity contribution is 0.596. The van der Waals surface area contributed by atoms with E-state index in [2.05, 4.69) is 4.98 Å². The smallest absolute Gasteiger partial charge is 0.240 e. The Bertz CT molecular complexity index is 389. The van der Waals surface area contributed by atoms with Gasteiger partial charge in [-0.2, -0.15) is 0 Å². The molecule has 3 nitrogen and oxygen atoms in total. The van der Waals surface area contributed by atoms with E-state index in [4.69, 9.17) is 10.7 Å². The highest BCUT2D eigenvalue weighted by Gasteiger charge is 2.20. The van der Waals surface area contributed by atoms with E-state index in [-0.39, 0.29) is 5.69 Å². The Morgan fingerprint density at radius 2 is 2.15 bits per heavy atom. The Hall–Kier alpha value is -0.680. The second-order valence-electron chi connectivity index (χ2n) is 2.52. The van der Waals surface area contributed by atoms with E-state index >= 15 is 0 Å². The van der Waals surface area contributed by atoms with Gasteiger partial charge in [0, 0.05) is 10.7 Å². The maximum absolute atomic E-state index is 12.4. The van der Waals surface area contributed by atoms with Crippen LogP contribution < -0.4 is 0 Å². The second kappa shape index (κ2) is 3.59. The van der Waals surface area contributed by atoms with Gasteiger partial charge in [-0.1, -0.05) is 0 Å². The van der Waals surface area contributed by atoms with Gasteiger partial charge in [0.15, 0.2) is 0 Å². The predicted molar refractivity (Wildman–Crippen MR) is 47.4 cm³/mol. The number of rotatable bonds is 2. The van der Waals surface area contributed by atoms with E-state index in [1.165, 1.54) is 13.0 Å². The van der Waals surface area contributed by atoms with Gasteiger partial charge in [-0.15, -0.1) is 0 Å². The van der Waals surface area contributed by atoms with Gasteiger partial charge in [0.2, 0.25) is 9.05 Å². The molecule has 0 amide bonds. The minimum absolute atomic E-state index is 0.233. The Morgan fingerprint density at radius 3 is 2.54 bits per heavy atom. The van der Waals surface area contributed by atoms with Crippen LogP contribution in [0.15, 0.2) is 18.3 Å². The summed E-state index contributed by atoms with van der Waals surface area (Å²) in [5.74, 6) is -0.511. The van der Waals surface area contributed by atoms with Gasteiger partial charge in [-0.25, -0.2) is 12.8 Å². The first kappa shape index (κ1) is 10.4. The highest BCUT2D eigenvalue weighted by atomic mass is 35.7. The molecule has 6 heteroatoms. The molecule has 72 valence electrons. The molecule has 0 aliphatic carbocycles. The molecule has 0 radical (unpaired) electrons. The molecule has 0 bridgehead atoms. The van der Waals surface area contributed by atoms with Crippen LogP contribution >= 0.6 is 10.7 Å². The van der Waals surface area contributed by atoms with Crippen LogP contribution in [0.1, 0.15) is 17.9 Å². The van der Waals surface area contributed by atoms with Crippen LogP contribution in [0, 0.1) is 5.82 Å². The Balaban J connectivity index is 3.04. The fourth-order valence-electron chi connectivity index (χ4n) is 0.772. The monoisotopic (exact) mass is 223 g/mol. The first-order valence-corrected chi connectivity index (χ1v) is 5.83. The van der Waals surface area contributed by atoms with Gasteiger partial charge in [-0.3, -0.25) is 4.98 Å². The van der Waals surface area contributed by atoms with Crippen molar-refractivity contribution in [2.75, 3.05) is 0 Å². The van der Waals surface area contributed by atoms with E-state index in [0.717, 1.165) is 12.3 Å². The summed E-state index contributed by atoms with van der Waals surface area (Å²) in [5, 5.41) is -0.922. The maximum Gasteiger partial charge on any atom is 0.240 e. The average molecular weight is 224 g/mol. The molecule has 0 aliphatic rings. The number of hydrogen-bond acceptors (Lipinski definition) is 3. The van der Waals surface area contributed by atoms with Crippen molar-refractivity contribution < 1.29 is 12.8 Å². The molecule has 13 heavy (non-hydrogen) atoms. The molecule has 1 unspecified atom stereocenters. The molecule has 0 saturated carbocycles. The van der Waals surface area contributed by atoms with Gasteiger partial charge in [0.25, 0.3) is 0 Å². The number of hydrogen-bond donors (Lipinski definition) is 0. The van der Waals surface area contributed by atoms with Crippen LogP contribution in [0.5, 0.6) is 0 Å². The average Bonchev–Trinajstić information content (AvgIpc) is 2.03. The number of halogens is 2. The van der Waals surface area contributed by atoms with Gasteiger partial charge in [-0.05, 0) is 19.1 Å². The maximum atomic E-state index is 12.4. The third-order valence-electron chi connectivity index (χ3n) is 1.59. The molecule has 1 aromatic rings. The fraction of sp³-hybridized carbons (Fsp3) is 0.286. The molecule has 0 saturated heterocycles. The highest BCUT2D eigenvalue weighted by molar-refractivity contribution is 8.13. The van der Waals surface area contributed by atoms with E-state index < -0.39 is 20.1 Å². The van der Waals surface area contributed by atoms with E-state index in [1.54, 1.807) is 0 Å². The summed E-state index contributed by atoms with van der Waals surface area (Å²) in [4.78, 5) is 3.61. The van der Waals surface area contributed by atoms with Crippen LogP contribution in [-0.4, -0.2) is 13.4 Å². The third-order valence-corrected chi connectivity index (χ3v) is 3.48. The lowest BCUT2D eigenvalue weighted by Gasteiger charge is -2.05. The zero-order valence-corrected chi connectivity index (χ0v) is 8.31. The molecular weight excluding hydrogens is 217 g/mol. The number of aromatic nitrogens is 1. The highest BCUT2D eigenvalue weighted by Crippen LogP contribution is 2.22. The zero-order chi connectivity index (χ0) is 10.1. The lowest BCUT2D eigenvalue weighted by Crippen LogP contribution is -2.04. The van der Waals surface area contributed by atoms with Crippen molar-refractivity contribution in [3.05, 3.63) is 29.8 Å². The van der Waals surface area contributed by atoms with Crippen molar-refractivity contribution in [1.82, 2.24) is 4.98 Å². The molecule has 1 atom stereocenters. The summed E-state index contributed by atoms with van der Waals surface area (Å²) >= 11 is 0. The standard InChI is InChI=1S/C7H7ClFNO2S/c1-5(13(8,11)12)7-3-2-6(9)4-10-7/h2-5H,1H3. The van der Waals surface area contributed by atoms with Crippen molar-refractivity contribution >= 4 is 19.7 Å². The Kier molecular flexibility index (Phi) is 2.87. The summed E-state index contributed by atoms with van der Waals surface area (Å²) in [7, 11) is 1.41. The summed E-state index contributed by atoms with van der Waals surface area (Å²) < 4.78 is 34.1. The molecule has 1 rings (SSSR count). The van der Waals surface area contributed by atoms with E-state index in [1.807, 2.05) is 0 Å². The summed E-state index contributed by atoms with van der Waals surface area (Å²) in [6.45, 7) is 1.39. The third kappa shape index (κ3) is 2.63. The fourth-order valence-corrected chi connectivity index (χ4v) is 1.47. The van der Waals surface area contributed by atoms with Crippen molar-refractivity contribution in [1.29, 1.82) is 0 Å². The van der Waals surface area contributed by atoms with Crippen molar-refractivity contribution in [2.24, 2.45) is 0 Å². The Labute approximate surface area is 80.0 Å². The van der Waals surface area contributed by atoms with Crippen molar-refractivity contribution in [3.63, 3.8) is 0 Å². The molecule has 0 spiro atoms. The largest absolute Gasteiger partial charge is 0.257 e.